The summed E-state index contributed by atoms with van der Waals surface area (Å²) >= 11 is 1.55. The number of nitro benzene ring substituents is 1. The molecule has 0 unspecified atom stereocenters. The SMILES string of the molecule is O=c1[nH]c(-c2cccs2)nc2c1CN(Cc1ccc(-c3cccc([N+](=O)[O-])c3)o1)CC2. The van der Waals surface area contributed by atoms with Gasteiger partial charge in [-0.2, -0.15) is 0 Å². The lowest BCUT2D eigenvalue weighted by atomic mass is 10.1. The molecule has 1 aliphatic heterocycles. The van der Waals surface area contributed by atoms with Crippen molar-refractivity contribution in [1.29, 1.82) is 0 Å². The molecule has 0 spiro atoms. The van der Waals surface area contributed by atoms with Gasteiger partial charge in [-0.25, -0.2) is 4.98 Å². The van der Waals surface area contributed by atoms with Crippen molar-refractivity contribution in [1.82, 2.24) is 14.9 Å². The third-order valence-electron chi connectivity index (χ3n) is 5.28. The van der Waals surface area contributed by atoms with Crippen LogP contribution in [0.3, 0.4) is 0 Å². The largest absolute Gasteiger partial charge is 0.460 e. The number of hydrogen-bond acceptors (Lipinski definition) is 7. The summed E-state index contributed by atoms with van der Waals surface area (Å²) in [6.07, 6.45) is 0.691. The molecular formula is C22H18N4O4S. The second-order valence-electron chi connectivity index (χ2n) is 7.35. The van der Waals surface area contributed by atoms with Gasteiger partial charge in [0.15, 0.2) is 5.82 Å². The smallest absolute Gasteiger partial charge is 0.270 e. The number of fused-ring (bicyclic) bond motifs is 1. The normalized spacial score (nSPS) is 13.8. The molecule has 156 valence electrons. The van der Waals surface area contributed by atoms with Crippen LogP contribution in [0, 0.1) is 10.1 Å². The first kappa shape index (κ1) is 19.4. The molecule has 3 aromatic heterocycles. The minimum atomic E-state index is -0.423. The second kappa shape index (κ2) is 7.93. The number of non-ortho nitro benzene ring substituents is 1. The molecule has 0 bridgehead atoms. The number of nitrogens with one attached hydrogen (secondary N) is 1. The quantitative estimate of drug-likeness (QED) is 0.372. The lowest BCUT2D eigenvalue weighted by Gasteiger charge is -2.26. The minimum Gasteiger partial charge on any atom is -0.460 e. The number of thiophene rings is 1. The van der Waals surface area contributed by atoms with Crippen LogP contribution < -0.4 is 5.56 Å². The highest BCUT2D eigenvalue weighted by molar-refractivity contribution is 7.13. The Kier molecular flexibility index (Phi) is 4.97. The van der Waals surface area contributed by atoms with Crippen LogP contribution in [0.25, 0.3) is 22.0 Å². The predicted molar refractivity (Wildman–Crippen MR) is 117 cm³/mol. The number of hydrogen-bond donors (Lipinski definition) is 1. The molecule has 8 nitrogen and oxygen atoms in total. The summed E-state index contributed by atoms with van der Waals surface area (Å²) in [7, 11) is 0. The molecule has 4 aromatic rings. The summed E-state index contributed by atoms with van der Waals surface area (Å²) < 4.78 is 5.93. The second-order valence-corrected chi connectivity index (χ2v) is 8.30. The third-order valence-corrected chi connectivity index (χ3v) is 6.16. The highest BCUT2D eigenvalue weighted by Gasteiger charge is 2.22. The molecule has 0 radical (unpaired) electrons. The van der Waals surface area contributed by atoms with Gasteiger partial charge in [0.1, 0.15) is 11.5 Å². The maximum atomic E-state index is 12.7. The summed E-state index contributed by atoms with van der Waals surface area (Å²) in [5, 5.41) is 13.0. The molecule has 0 aliphatic carbocycles. The summed E-state index contributed by atoms with van der Waals surface area (Å²) in [5.41, 5.74) is 2.12. The minimum absolute atomic E-state index is 0.0248. The molecule has 1 aliphatic rings. The van der Waals surface area contributed by atoms with E-state index in [1.54, 1.807) is 23.5 Å². The van der Waals surface area contributed by atoms with E-state index in [1.807, 2.05) is 29.6 Å². The van der Waals surface area contributed by atoms with E-state index in [0.717, 1.165) is 22.9 Å². The van der Waals surface area contributed by atoms with Crippen LogP contribution in [0.1, 0.15) is 17.0 Å². The Hall–Kier alpha value is -3.56. The maximum absolute atomic E-state index is 12.7. The lowest BCUT2D eigenvalue weighted by molar-refractivity contribution is -0.384. The van der Waals surface area contributed by atoms with Crippen LogP contribution in [-0.2, 0) is 19.5 Å². The van der Waals surface area contributed by atoms with E-state index < -0.39 is 4.92 Å². The average molecular weight is 434 g/mol. The van der Waals surface area contributed by atoms with Crippen molar-refractivity contribution in [3.8, 4) is 22.0 Å². The number of benzene rings is 1. The van der Waals surface area contributed by atoms with E-state index in [-0.39, 0.29) is 11.2 Å². The first-order chi connectivity index (χ1) is 15.1. The fourth-order valence-corrected chi connectivity index (χ4v) is 4.43. The van der Waals surface area contributed by atoms with E-state index >= 15 is 0 Å². The van der Waals surface area contributed by atoms with Gasteiger partial charge in [-0.3, -0.25) is 19.8 Å². The van der Waals surface area contributed by atoms with Gasteiger partial charge in [0.05, 0.1) is 27.6 Å². The zero-order valence-electron chi connectivity index (χ0n) is 16.4. The molecule has 0 amide bonds. The molecule has 1 aromatic carbocycles. The van der Waals surface area contributed by atoms with Crippen LogP contribution in [0.15, 0.2) is 63.1 Å². The molecule has 0 saturated heterocycles. The first-order valence-corrected chi connectivity index (χ1v) is 10.7. The Morgan fingerprint density at radius 1 is 1.23 bits per heavy atom. The van der Waals surface area contributed by atoms with E-state index in [0.29, 0.717) is 42.2 Å². The zero-order valence-corrected chi connectivity index (χ0v) is 17.2. The topological polar surface area (TPSA) is 105 Å². The predicted octanol–water partition coefficient (Wildman–Crippen LogP) is 4.22. The van der Waals surface area contributed by atoms with Crippen molar-refractivity contribution < 1.29 is 9.34 Å². The van der Waals surface area contributed by atoms with Crippen molar-refractivity contribution in [2.75, 3.05) is 6.54 Å². The Morgan fingerprint density at radius 2 is 2.13 bits per heavy atom. The summed E-state index contributed by atoms with van der Waals surface area (Å²) in [4.78, 5) is 33.9. The molecule has 31 heavy (non-hydrogen) atoms. The van der Waals surface area contributed by atoms with Gasteiger partial charge in [-0.15, -0.1) is 11.3 Å². The van der Waals surface area contributed by atoms with E-state index in [4.69, 9.17) is 4.42 Å². The van der Waals surface area contributed by atoms with Crippen molar-refractivity contribution >= 4 is 17.0 Å². The van der Waals surface area contributed by atoms with E-state index in [1.165, 1.54) is 12.1 Å². The van der Waals surface area contributed by atoms with Crippen molar-refractivity contribution in [2.45, 2.75) is 19.5 Å². The fraction of sp³-hybridized carbons (Fsp3) is 0.182. The Balaban J connectivity index is 1.33. The fourth-order valence-electron chi connectivity index (χ4n) is 3.76. The van der Waals surface area contributed by atoms with Gasteiger partial charge >= 0.3 is 0 Å². The van der Waals surface area contributed by atoms with Crippen molar-refractivity contribution in [2.24, 2.45) is 0 Å². The molecule has 0 fully saturated rings. The Labute approximate surface area is 181 Å². The number of furan rings is 1. The monoisotopic (exact) mass is 434 g/mol. The van der Waals surface area contributed by atoms with Gasteiger partial charge in [-0.05, 0) is 23.6 Å². The number of H-pyrrole nitrogens is 1. The first-order valence-electron chi connectivity index (χ1n) is 9.78. The summed E-state index contributed by atoms with van der Waals surface area (Å²) in [6.45, 7) is 1.80. The number of rotatable bonds is 5. The van der Waals surface area contributed by atoms with Crippen molar-refractivity contribution in [3.63, 3.8) is 0 Å². The van der Waals surface area contributed by atoms with Crippen molar-refractivity contribution in [3.05, 3.63) is 91.4 Å². The number of aromatic nitrogens is 2. The number of aromatic amines is 1. The highest BCUT2D eigenvalue weighted by Crippen LogP contribution is 2.27. The molecule has 5 rings (SSSR count). The van der Waals surface area contributed by atoms with E-state index in [2.05, 4.69) is 14.9 Å². The van der Waals surface area contributed by atoms with Gasteiger partial charge in [0.25, 0.3) is 11.2 Å². The van der Waals surface area contributed by atoms with Crippen LogP contribution >= 0.6 is 11.3 Å². The van der Waals surface area contributed by atoms with Gasteiger partial charge in [0.2, 0.25) is 0 Å². The summed E-state index contributed by atoms with van der Waals surface area (Å²) in [5.74, 6) is 1.94. The van der Waals surface area contributed by atoms with Crippen LogP contribution in [0.2, 0.25) is 0 Å². The average Bonchev–Trinajstić information content (AvgIpc) is 3.47. The molecule has 4 heterocycles. The number of nitro groups is 1. The Bertz CT molecular complexity index is 1310. The molecule has 0 atom stereocenters. The van der Waals surface area contributed by atoms with E-state index in [9.17, 15) is 14.9 Å². The van der Waals surface area contributed by atoms with Gasteiger partial charge in [-0.1, -0.05) is 18.2 Å². The van der Waals surface area contributed by atoms with Crippen LogP contribution in [-0.4, -0.2) is 26.3 Å². The summed E-state index contributed by atoms with van der Waals surface area (Å²) in [6, 6.07) is 13.9. The number of nitrogens with zero attached hydrogens (tertiary/aromatic N) is 3. The zero-order chi connectivity index (χ0) is 21.4. The highest BCUT2D eigenvalue weighted by atomic mass is 32.1. The van der Waals surface area contributed by atoms with Gasteiger partial charge in [0, 0.05) is 37.2 Å². The Morgan fingerprint density at radius 3 is 2.94 bits per heavy atom. The molecule has 1 N–H and O–H groups in total. The maximum Gasteiger partial charge on any atom is 0.270 e. The molecule has 9 heteroatoms. The lowest BCUT2D eigenvalue weighted by Crippen LogP contribution is -2.35. The standard InChI is InChI=1S/C22H18N4O4S/c27-22-17-13-25(9-8-18(17)23-21(24-22)20-5-2-10-31-20)12-16-6-7-19(30-16)14-3-1-4-15(11-14)26(28)29/h1-7,10-11H,8-9,12-13H2,(H,23,24,27). The van der Waals surface area contributed by atoms with Crippen LogP contribution in [0.4, 0.5) is 5.69 Å². The molecule has 0 saturated carbocycles. The third kappa shape index (κ3) is 3.92. The van der Waals surface area contributed by atoms with Crippen LogP contribution in [0.5, 0.6) is 0 Å². The molecular weight excluding hydrogens is 416 g/mol. The van der Waals surface area contributed by atoms with Gasteiger partial charge < -0.3 is 9.40 Å².